The summed E-state index contributed by atoms with van der Waals surface area (Å²) in [6, 6.07) is 28.7. The highest BCUT2D eigenvalue weighted by Crippen LogP contribution is 2.37. The maximum absolute atomic E-state index is 2.37. The van der Waals surface area contributed by atoms with Gasteiger partial charge in [0.15, 0.2) is 0 Å². The molecule has 27 heavy (non-hydrogen) atoms. The third-order valence-corrected chi connectivity index (χ3v) is 5.63. The second-order valence-electron chi connectivity index (χ2n) is 7.48. The molecule has 3 rings (SSSR count). The van der Waals surface area contributed by atoms with Crippen LogP contribution < -0.4 is 4.90 Å². The van der Waals surface area contributed by atoms with E-state index >= 15 is 0 Å². The largest absolute Gasteiger partial charge is 0.310 e. The van der Waals surface area contributed by atoms with Crippen LogP contribution in [0.4, 0.5) is 17.1 Å². The first-order valence-corrected chi connectivity index (χ1v) is 10.2. The van der Waals surface area contributed by atoms with Crippen molar-refractivity contribution in [2.24, 2.45) is 0 Å². The van der Waals surface area contributed by atoms with Gasteiger partial charge < -0.3 is 4.90 Å². The lowest BCUT2D eigenvalue weighted by Gasteiger charge is -2.27. The monoisotopic (exact) mass is 357 g/mol. The summed E-state index contributed by atoms with van der Waals surface area (Å²) in [6.07, 6.45) is 2.30. The SMILES string of the molecule is CCC(C)c1cccc(N(c2ccccc2)c2cccc(C(C)CC)c2)c1. The van der Waals surface area contributed by atoms with Crippen LogP contribution in [0, 0.1) is 0 Å². The first kappa shape index (κ1) is 19.2. The summed E-state index contributed by atoms with van der Waals surface area (Å²) in [6.45, 7) is 9.11. The van der Waals surface area contributed by atoms with Crippen molar-refractivity contribution in [1.29, 1.82) is 0 Å². The average Bonchev–Trinajstić information content (AvgIpc) is 2.74. The first-order chi connectivity index (χ1) is 13.1. The lowest BCUT2D eigenvalue weighted by molar-refractivity contribution is 0.733. The lowest BCUT2D eigenvalue weighted by Crippen LogP contribution is -2.11. The average molecular weight is 358 g/mol. The standard InChI is InChI=1S/C26H31N/c1-5-20(3)22-12-10-16-25(18-22)27(24-14-8-7-9-15-24)26-17-11-13-23(19-26)21(4)6-2/h7-21H,5-6H2,1-4H3. The minimum atomic E-state index is 0.564. The second-order valence-corrected chi connectivity index (χ2v) is 7.48. The molecule has 0 N–H and O–H groups in total. The summed E-state index contributed by atoms with van der Waals surface area (Å²) < 4.78 is 0. The molecule has 0 aliphatic heterocycles. The van der Waals surface area contributed by atoms with E-state index in [1.807, 2.05) is 0 Å². The van der Waals surface area contributed by atoms with Crippen molar-refractivity contribution in [3.63, 3.8) is 0 Å². The van der Waals surface area contributed by atoms with Crippen LogP contribution in [0.3, 0.4) is 0 Å². The van der Waals surface area contributed by atoms with Gasteiger partial charge >= 0.3 is 0 Å². The van der Waals surface area contributed by atoms with E-state index in [1.54, 1.807) is 0 Å². The normalized spacial score (nSPS) is 13.2. The highest BCUT2D eigenvalue weighted by atomic mass is 15.1. The molecule has 0 aromatic heterocycles. The third kappa shape index (κ3) is 4.42. The fourth-order valence-corrected chi connectivity index (χ4v) is 3.44. The van der Waals surface area contributed by atoms with Crippen LogP contribution in [0.1, 0.15) is 63.5 Å². The lowest BCUT2D eigenvalue weighted by atomic mass is 9.96. The summed E-state index contributed by atoms with van der Waals surface area (Å²) in [7, 11) is 0. The molecule has 3 aromatic carbocycles. The Morgan fingerprint density at radius 3 is 1.48 bits per heavy atom. The maximum Gasteiger partial charge on any atom is 0.0464 e. The molecule has 0 fully saturated rings. The Hall–Kier alpha value is -2.54. The third-order valence-electron chi connectivity index (χ3n) is 5.63. The Balaban J connectivity index is 2.11. The van der Waals surface area contributed by atoms with Crippen LogP contribution in [0.2, 0.25) is 0 Å². The topological polar surface area (TPSA) is 3.24 Å². The summed E-state index contributed by atoms with van der Waals surface area (Å²) in [5.74, 6) is 1.13. The van der Waals surface area contributed by atoms with Crippen molar-refractivity contribution in [2.45, 2.75) is 52.4 Å². The van der Waals surface area contributed by atoms with Gasteiger partial charge in [-0.25, -0.2) is 0 Å². The molecule has 2 atom stereocenters. The molecule has 0 heterocycles. The Bertz CT molecular complexity index is 799. The number of benzene rings is 3. The minimum absolute atomic E-state index is 0.564. The van der Waals surface area contributed by atoms with E-state index in [4.69, 9.17) is 0 Å². The predicted octanol–water partition coefficient (Wildman–Crippen LogP) is 8.18. The number of rotatable bonds is 7. The zero-order valence-corrected chi connectivity index (χ0v) is 17.0. The molecule has 0 saturated carbocycles. The Kier molecular flexibility index (Phi) is 6.34. The Morgan fingerprint density at radius 2 is 1.04 bits per heavy atom. The van der Waals surface area contributed by atoms with Crippen LogP contribution in [-0.4, -0.2) is 0 Å². The molecule has 0 aliphatic rings. The molecule has 1 nitrogen and oxygen atoms in total. The smallest absolute Gasteiger partial charge is 0.0464 e. The minimum Gasteiger partial charge on any atom is -0.310 e. The maximum atomic E-state index is 2.37. The molecular weight excluding hydrogens is 326 g/mol. The molecule has 1 heteroatoms. The number of hydrogen-bond donors (Lipinski definition) is 0. The summed E-state index contributed by atoms with van der Waals surface area (Å²) >= 11 is 0. The molecule has 3 aromatic rings. The number of anilines is 3. The fraction of sp³-hybridized carbons (Fsp3) is 0.308. The van der Waals surface area contributed by atoms with Crippen LogP contribution in [0.5, 0.6) is 0 Å². The number of nitrogens with zero attached hydrogens (tertiary/aromatic N) is 1. The molecule has 2 unspecified atom stereocenters. The number of para-hydroxylation sites is 1. The van der Waals surface area contributed by atoms with Gasteiger partial charge in [0.1, 0.15) is 0 Å². The summed E-state index contributed by atoms with van der Waals surface area (Å²) in [5, 5.41) is 0. The molecule has 0 amide bonds. The zero-order chi connectivity index (χ0) is 19.2. The van der Waals surface area contributed by atoms with Gasteiger partial charge in [0.2, 0.25) is 0 Å². The van der Waals surface area contributed by atoms with Crippen molar-refractivity contribution in [3.8, 4) is 0 Å². The van der Waals surface area contributed by atoms with Crippen molar-refractivity contribution in [3.05, 3.63) is 90.0 Å². The molecule has 0 aliphatic carbocycles. The van der Waals surface area contributed by atoms with Crippen LogP contribution in [0.25, 0.3) is 0 Å². The quantitative estimate of drug-likeness (QED) is 0.412. The summed E-state index contributed by atoms with van der Waals surface area (Å²) in [5.41, 5.74) is 6.43. The van der Waals surface area contributed by atoms with Crippen molar-refractivity contribution in [2.75, 3.05) is 4.90 Å². The fourth-order valence-electron chi connectivity index (χ4n) is 3.44. The van der Waals surface area contributed by atoms with Gasteiger partial charge in [-0.3, -0.25) is 0 Å². The predicted molar refractivity (Wildman–Crippen MR) is 119 cm³/mol. The Morgan fingerprint density at radius 1 is 0.593 bits per heavy atom. The van der Waals surface area contributed by atoms with Gasteiger partial charge in [-0.1, -0.05) is 70.2 Å². The molecule has 0 radical (unpaired) electrons. The zero-order valence-electron chi connectivity index (χ0n) is 17.0. The van der Waals surface area contributed by atoms with Crippen molar-refractivity contribution >= 4 is 17.1 Å². The van der Waals surface area contributed by atoms with E-state index in [-0.39, 0.29) is 0 Å². The molecule has 0 bridgehead atoms. The highest BCUT2D eigenvalue weighted by Gasteiger charge is 2.15. The molecule has 140 valence electrons. The van der Waals surface area contributed by atoms with E-state index < -0.39 is 0 Å². The van der Waals surface area contributed by atoms with E-state index in [9.17, 15) is 0 Å². The van der Waals surface area contributed by atoms with E-state index in [2.05, 4.69) is 111 Å². The van der Waals surface area contributed by atoms with Gasteiger partial charge in [-0.05, 0) is 72.2 Å². The van der Waals surface area contributed by atoms with Crippen LogP contribution in [0.15, 0.2) is 78.9 Å². The van der Waals surface area contributed by atoms with Gasteiger partial charge in [-0.2, -0.15) is 0 Å². The number of hydrogen-bond acceptors (Lipinski definition) is 1. The van der Waals surface area contributed by atoms with Gasteiger partial charge in [0.05, 0.1) is 0 Å². The van der Waals surface area contributed by atoms with Crippen molar-refractivity contribution < 1.29 is 0 Å². The molecular formula is C26H31N. The van der Waals surface area contributed by atoms with Crippen LogP contribution >= 0.6 is 0 Å². The van der Waals surface area contributed by atoms with Gasteiger partial charge in [0, 0.05) is 17.1 Å². The highest BCUT2D eigenvalue weighted by molar-refractivity contribution is 5.77. The van der Waals surface area contributed by atoms with Crippen LogP contribution in [-0.2, 0) is 0 Å². The Labute approximate surface area is 164 Å². The van der Waals surface area contributed by atoms with E-state index in [1.165, 1.54) is 28.2 Å². The van der Waals surface area contributed by atoms with E-state index in [0.29, 0.717) is 11.8 Å². The van der Waals surface area contributed by atoms with Crippen molar-refractivity contribution in [1.82, 2.24) is 0 Å². The first-order valence-electron chi connectivity index (χ1n) is 10.2. The van der Waals surface area contributed by atoms with E-state index in [0.717, 1.165) is 12.8 Å². The summed E-state index contributed by atoms with van der Waals surface area (Å²) in [4.78, 5) is 2.37. The van der Waals surface area contributed by atoms with Gasteiger partial charge in [0.25, 0.3) is 0 Å². The molecule has 0 saturated heterocycles. The van der Waals surface area contributed by atoms with Gasteiger partial charge in [-0.15, -0.1) is 0 Å². The second kappa shape index (κ2) is 8.90. The molecule has 0 spiro atoms.